The first-order chi connectivity index (χ1) is 16.0. The zero-order chi connectivity index (χ0) is 23.4. The summed E-state index contributed by atoms with van der Waals surface area (Å²) in [4.78, 5) is 32.8. The number of nitrogens with zero attached hydrogens (tertiary/aromatic N) is 3. The van der Waals surface area contributed by atoms with Gasteiger partial charge in [0, 0.05) is 37.0 Å². The smallest absolute Gasteiger partial charge is 0.257 e. The molecule has 8 heteroatoms. The van der Waals surface area contributed by atoms with Gasteiger partial charge in [0.25, 0.3) is 5.56 Å². The zero-order valence-corrected chi connectivity index (χ0v) is 19.1. The fraction of sp³-hybridized carbons (Fsp3) is 0.320. The van der Waals surface area contributed by atoms with E-state index in [9.17, 15) is 9.59 Å². The molecule has 0 atom stereocenters. The summed E-state index contributed by atoms with van der Waals surface area (Å²) in [6, 6.07) is 15.4. The number of aromatic nitrogens is 2. The Morgan fingerprint density at radius 2 is 1.85 bits per heavy atom. The Bertz CT molecular complexity index is 1210. The van der Waals surface area contributed by atoms with Crippen molar-refractivity contribution in [2.75, 3.05) is 26.1 Å². The van der Waals surface area contributed by atoms with Gasteiger partial charge in [-0.2, -0.15) is 0 Å². The summed E-state index contributed by atoms with van der Waals surface area (Å²) in [6.07, 6.45) is 0.617. The van der Waals surface area contributed by atoms with Gasteiger partial charge in [0.2, 0.25) is 5.91 Å². The first-order valence-corrected chi connectivity index (χ1v) is 10.9. The molecule has 0 fully saturated rings. The molecule has 3 aromatic rings. The molecule has 0 bridgehead atoms. The number of rotatable bonds is 7. The molecule has 4 rings (SSSR count). The van der Waals surface area contributed by atoms with Crippen LogP contribution in [0.1, 0.15) is 22.6 Å². The van der Waals surface area contributed by atoms with Crippen LogP contribution in [0.15, 0.2) is 53.3 Å². The third-order valence-corrected chi connectivity index (χ3v) is 5.81. The molecule has 0 unspecified atom stereocenters. The average Bonchev–Trinajstić information content (AvgIpc) is 2.82. The number of hydrogen-bond acceptors (Lipinski definition) is 6. The molecule has 1 aliphatic heterocycles. The molecule has 0 spiro atoms. The van der Waals surface area contributed by atoms with Crippen LogP contribution in [0.25, 0.3) is 0 Å². The summed E-state index contributed by atoms with van der Waals surface area (Å²) in [7, 11) is 3.08. The first-order valence-electron chi connectivity index (χ1n) is 10.9. The van der Waals surface area contributed by atoms with Crippen molar-refractivity contribution in [2.45, 2.75) is 33.0 Å². The van der Waals surface area contributed by atoms with Crippen molar-refractivity contribution in [1.29, 1.82) is 0 Å². The SMILES string of the molecule is COc1ccc(NC(=O)Cn2c(C)nc3c(c2=O)CCN(Cc2ccccc2)C3)cc1OC. The highest BCUT2D eigenvalue weighted by molar-refractivity contribution is 5.91. The Kier molecular flexibility index (Phi) is 6.74. The highest BCUT2D eigenvalue weighted by Gasteiger charge is 2.23. The molecule has 0 aliphatic carbocycles. The molecule has 0 radical (unpaired) electrons. The lowest BCUT2D eigenvalue weighted by molar-refractivity contribution is -0.116. The lowest BCUT2D eigenvalue weighted by atomic mass is 10.1. The predicted molar refractivity (Wildman–Crippen MR) is 126 cm³/mol. The molecule has 1 amide bonds. The lowest BCUT2D eigenvalue weighted by Crippen LogP contribution is -2.39. The number of ether oxygens (including phenoxy) is 2. The second-order valence-corrected chi connectivity index (χ2v) is 8.04. The fourth-order valence-corrected chi connectivity index (χ4v) is 4.12. The van der Waals surface area contributed by atoms with Crippen LogP contribution in [0.2, 0.25) is 0 Å². The molecule has 1 aliphatic rings. The number of anilines is 1. The van der Waals surface area contributed by atoms with E-state index in [0.29, 0.717) is 41.5 Å². The maximum absolute atomic E-state index is 13.2. The lowest BCUT2D eigenvalue weighted by Gasteiger charge is -2.28. The second kappa shape index (κ2) is 9.87. The molecule has 2 aromatic carbocycles. The van der Waals surface area contributed by atoms with E-state index in [-0.39, 0.29) is 18.0 Å². The summed E-state index contributed by atoms with van der Waals surface area (Å²) in [6.45, 7) is 3.88. The minimum atomic E-state index is -0.310. The molecule has 0 saturated heterocycles. The van der Waals surface area contributed by atoms with Crippen molar-refractivity contribution in [3.05, 3.63) is 81.5 Å². The van der Waals surface area contributed by atoms with Gasteiger partial charge in [-0.05, 0) is 31.0 Å². The molecule has 172 valence electrons. The number of nitrogens with one attached hydrogen (secondary N) is 1. The van der Waals surface area contributed by atoms with Crippen molar-refractivity contribution >= 4 is 11.6 Å². The van der Waals surface area contributed by atoms with E-state index in [0.717, 1.165) is 18.8 Å². The van der Waals surface area contributed by atoms with Crippen LogP contribution >= 0.6 is 0 Å². The summed E-state index contributed by atoms with van der Waals surface area (Å²) in [5.41, 5.74) is 3.16. The Morgan fingerprint density at radius 1 is 1.09 bits per heavy atom. The van der Waals surface area contributed by atoms with Crippen LogP contribution in [-0.2, 0) is 30.8 Å². The summed E-state index contributed by atoms with van der Waals surface area (Å²) < 4.78 is 11.9. The van der Waals surface area contributed by atoms with Crippen LogP contribution in [0.5, 0.6) is 11.5 Å². The average molecular weight is 449 g/mol. The molecular formula is C25H28N4O4. The van der Waals surface area contributed by atoms with Gasteiger partial charge in [-0.15, -0.1) is 0 Å². The summed E-state index contributed by atoms with van der Waals surface area (Å²) in [5, 5.41) is 2.82. The number of benzene rings is 2. The molecule has 1 aromatic heterocycles. The highest BCUT2D eigenvalue weighted by Crippen LogP contribution is 2.29. The van der Waals surface area contributed by atoms with Crippen molar-refractivity contribution in [3.8, 4) is 11.5 Å². The van der Waals surface area contributed by atoms with Crippen LogP contribution in [0, 0.1) is 6.92 Å². The Hall–Kier alpha value is -3.65. The Labute approximate surface area is 192 Å². The number of fused-ring (bicyclic) bond motifs is 1. The molecule has 1 N–H and O–H groups in total. The number of amides is 1. The Balaban J connectivity index is 1.47. The number of methoxy groups -OCH3 is 2. The van der Waals surface area contributed by atoms with Crippen LogP contribution in [-0.4, -0.2) is 41.1 Å². The van der Waals surface area contributed by atoms with Crippen molar-refractivity contribution in [2.24, 2.45) is 0 Å². The maximum Gasteiger partial charge on any atom is 0.257 e. The molecule has 33 heavy (non-hydrogen) atoms. The third-order valence-electron chi connectivity index (χ3n) is 5.81. The van der Waals surface area contributed by atoms with Gasteiger partial charge in [0.15, 0.2) is 11.5 Å². The standard InChI is InChI=1S/C25H28N4O4/c1-17-26-21-15-28(14-18-7-5-4-6-8-18)12-11-20(21)25(31)29(17)16-24(30)27-19-9-10-22(32-2)23(13-19)33-3/h4-10,13H,11-12,14-16H2,1-3H3,(H,27,30). The van der Waals surface area contributed by atoms with Crippen molar-refractivity contribution < 1.29 is 14.3 Å². The monoisotopic (exact) mass is 448 g/mol. The highest BCUT2D eigenvalue weighted by atomic mass is 16.5. The van der Waals surface area contributed by atoms with Gasteiger partial charge >= 0.3 is 0 Å². The van der Waals surface area contributed by atoms with E-state index in [1.807, 2.05) is 18.2 Å². The summed E-state index contributed by atoms with van der Waals surface area (Å²) in [5.74, 6) is 1.31. The van der Waals surface area contributed by atoms with Crippen LogP contribution in [0.3, 0.4) is 0 Å². The minimum Gasteiger partial charge on any atom is -0.493 e. The van der Waals surface area contributed by atoms with Crippen LogP contribution in [0.4, 0.5) is 5.69 Å². The van der Waals surface area contributed by atoms with Crippen molar-refractivity contribution in [3.63, 3.8) is 0 Å². The Morgan fingerprint density at radius 3 is 2.58 bits per heavy atom. The fourth-order valence-electron chi connectivity index (χ4n) is 4.12. The normalized spacial score (nSPS) is 13.3. The minimum absolute atomic E-state index is 0.104. The van der Waals surface area contributed by atoms with E-state index in [1.54, 1.807) is 32.2 Å². The van der Waals surface area contributed by atoms with Crippen molar-refractivity contribution in [1.82, 2.24) is 14.5 Å². The number of carbonyl (C=O) groups excluding carboxylic acids is 1. The van der Waals surface area contributed by atoms with E-state index in [4.69, 9.17) is 9.47 Å². The molecular weight excluding hydrogens is 420 g/mol. The van der Waals surface area contributed by atoms with E-state index in [1.165, 1.54) is 17.2 Å². The van der Waals surface area contributed by atoms with Gasteiger partial charge in [-0.25, -0.2) is 4.98 Å². The van der Waals surface area contributed by atoms with Gasteiger partial charge < -0.3 is 14.8 Å². The van der Waals surface area contributed by atoms with Gasteiger partial charge in [-0.1, -0.05) is 30.3 Å². The number of aryl methyl sites for hydroxylation is 1. The third kappa shape index (κ3) is 5.06. The zero-order valence-electron chi connectivity index (χ0n) is 19.1. The van der Waals surface area contributed by atoms with Gasteiger partial charge in [0.05, 0.1) is 19.9 Å². The van der Waals surface area contributed by atoms with Gasteiger partial charge in [0.1, 0.15) is 12.4 Å². The quantitative estimate of drug-likeness (QED) is 0.598. The topological polar surface area (TPSA) is 85.7 Å². The predicted octanol–water partition coefficient (Wildman–Crippen LogP) is 2.77. The first kappa shape index (κ1) is 22.5. The van der Waals surface area contributed by atoms with E-state index >= 15 is 0 Å². The largest absolute Gasteiger partial charge is 0.493 e. The molecule has 2 heterocycles. The van der Waals surface area contributed by atoms with E-state index < -0.39 is 0 Å². The number of carbonyl (C=O) groups is 1. The second-order valence-electron chi connectivity index (χ2n) is 8.04. The molecule has 8 nitrogen and oxygen atoms in total. The van der Waals surface area contributed by atoms with E-state index in [2.05, 4.69) is 27.3 Å². The summed E-state index contributed by atoms with van der Waals surface area (Å²) >= 11 is 0. The van der Waals surface area contributed by atoms with Gasteiger partial charge in [-0.3, -0.25) is 19.1 Å². The maximum atomic E-state index is 13.2. The van der Waals surface area contributed by atoms with Crippen LogP contribution < -0.4 is 20.3 Å². The number of hydrogen-bond donors (Lipinski definition) is 1. The molecule has 0 saturated carbocycles.